The third kappa shape index (κ3) is 4.36. The molecular weight excluding hydrogens is 845 g/mol. The zero-order valence-electron chi connectivity index (χ0n) is 36.7. The lowest BCUT2D eigenvalue weighted by atomic mass is 9.64. The second-order valence-corrected chi connectivity index (χ2v) is 19.7. The summed E-state index contributed by atoms with van der Waals surface area (Å²) in [6.07, 6.45) is 0. The second kappa shape index (κ2) is 13.1. The molecule has 68 heavy (non-hydrogen) atoms. The molecule has 3 nitrogen and oxygen atoms in total. The molecule has 2 aliphatic carbocycles. The Morgan fingerprint density at radius 2 is 0.662 bits per heavy atom. The van der Waals surface area contributed by atoms with Gasteiger partial charge in [-0.1, -0.05) is 170 Å². The summed E-state index contributed by atoms with van der Waals surface area (Å²) in [5.74, 6) is 0. The molecule has 0 radical (unpaired) electrons. The zero-order chi connectivity index (χ0) is 44.3. The van der Waals surface area contributed by atoms with Crippen LogP contribution in [-0.2, 0) is 10.8 Å². The van der Waals surface area contributed by atoms with Crippen LogP contribution in [-0.4, -0.2) is 0 Å². The first-order chi connectivity index (χ1) is 33.7. The van der Waals surface area contributed by atoms with Gasteiger partial charge in [-0.2, -0.15) is 0 Å². The quantitative estimate of drug-likeness (QED) is 0.172. The van der Waals surface area contributed by atoms with Crippen molar-refractivity contribution in [2.75, 3.05) is 9.80 Å². The Morgan fingerprint density at radius 1 is 0.324 bits per heavy atom. The van der Waals surface area contributed by atoms with Crippen LogP contribution in [0.25, 0.3) is 53.6 Å². The van der Waals surface area contributed by atoms with Gasteiger partial charge in [0, 0.05) is 32.9 Å². The highest BCUT2D eigenvalue weighted by Gasteiger charge is 2.53. The third-order valence-corrected chi connectivity index (χ3v) is 16.8. The van der Waals surface area contributed by atoms with Crippen LogP contribution in [0.5, 0.6) is 0 Å². The van der Waals surface area contributed by atoms with Crippen molar-refractivity contribution < 1.29 is 4.42 Å². The van der Waals surface area contributed by atoms with Crippen molar-refractivity contribution in [3.63, 3.8) is 0 Å². The summed E-state index contributed by atoms with van der Waals surface area (Å²) in [5, 5.41) is 2.27. The maximum absolute atomic E-state index is 7.00. The molecule has 0 saturated carbocycles. The number of para-hydroxylation sites is 4. The van der Waals surface area contributed by atoms with Crippen molar-refractivity contribution in [2.24, 2.45) is 0 Å². The molecule has 2 aliphatic heterocycles. The minimum atomic E-state index is -0.445. The molecule has 2 aromatic heterocycles. The normalized spacial score (nSPS) is 14.9. The van der Waals surface area contributed by atoms with Gasteiger partial charge in [0.25, 0.3) is 0 Å². The summed E-state index contributed by atoms with van der Waals surface area (Å²) in [4.78, 5) is 4.92. The number of fused-ring (bicyclic) bond motifs is 23. The van der Waals surface area contributed by atoms with E-state index in [1.54, 1.807) is 0 Å². The molecule has 0 fully saturated rings. The first-order valence-corrected chi connectivity index (χ1v) is 24.3. The summed E-state index contributed by atoms with van der Waals surface area (Å²) >= 11 is 1.82. The van der Waals surface area contributed by atoms with E-state index in [0.29, 0.717) is 0 Å². The molecule has 4 aliphatic rings. The SMILES string of the molecule is c1ccc2c(c1)-c1ccccc1C21c2ccccc2N(c2ccc3c(c2)oc2c4ccc(N5c6ccccc6C6(c7ccccc7-c7ccccc76)c6ccccc65)cc4sc32)c2ccccc21. The second-order valence-electron chi connectivity index (χ2n) is 18.6. The van der Waals surface area contributed by atoms with E-state index in [9.17, 15) is 0 Å². The fourth-order valence-corrected chi connectivity index (χ4v) is 14.4. The van der Waals surface area contributed by atoms with Crippen molar-refractivity contribution in [1.29, 1.82) is 0 Å². The molecule has 0 atom stereocenters. The Kier molecular flexibility index (Phi) is 7.09. The lowest BCUT2D eigenvalue weighted by Crippen LogP contribution is -2.36. The monoisotopic (exact) mass is 882 g/mol. The first-order valence-electron chi connectivity index (χ1n) is 23.5. The lowest BCUT2D eigenvalue weighted by Gasteiger charge is -2.45. The first kappa shape index (κ1) is 36.7. The van der Waals surface area contributed by atoms with E-state index in [-0.39, 0.29) is 0 Å². The van der Waals surface area contributed by atoms with Crippen LogP contribution in [0, 0.1) is 0 Å². The van der Waals surface area contributed by atoms with Crippen LogP contribution < -0.4 is 9.80 Å². The van der Waals surface area contributed by atoms with E-state index in [2.05, 4.69) is 240 Å². The van der Waals surface area contributed by atoms with Gasteiger partial charge in [0.2, 0.25) is 0 Å². The number of hydrogen-bond acceptors (Lipinski definition) is 4. The number of hydrogen-bond donors (Lipinski definition) is 0. The average molecular weight is 883 g/mol. The van der Waals surface area contributed by atoms with E-state index < -0.39 is 10.8 Å². The van der Waals surface area contributed by atoms with Gasteiger partial charge in [-0.3, -0.25) is 0 Å². The van der Waals surface area contributed by atoms with Crippen molar-refractivity contribution >= 4 is 76.8 Å². The maximum Gasteiger partial charge on any atom is 0.154 e. The Bertz CT molecular complexity index is 3700. The molecule has 2 spiro atoms. The number of furan rings is 1. The maximum atomic E-state index is 7.00. The molecule has 0 saturated heterocycles. The molecule has 0 N–H and O–H groups in total. The predicted octanol–water partition coefficient (Wildman–Crippen LogP) is 17.1. The predicted molar refractivity (Wildman–Crippen MR) is 280 cm³/mol. The minimum Gasteiger partial charge on any atom is -0.454 e. The van der Waals surface area contributed by atoms with Crippen molar-refractivity contribution in [3.8, 4) is 22.3 Å². The Hall–Kier alpha value is -8.44. The van der Waals surface area contributed by atoms with Crippen LogP contribution >= 0.6 is 11.3 Å². The molecule has 16 rings (SSSR count). The molecule has 0 unspecified atom stereocenters. The summed E-state index contributed by atoms with van der Waals surface area (Å²) < 4.78 is 9.38. The average Bonchev–Trinajstić information content (AvgIpc) is 4.12. The van der Waals surface area contributed by atoms with Gasteiger partial charge in [-0.15, -0.1) is 11.3 Å². The van der Waals surface area contributed by atoms with Crippen LogP contribution in [0.1, 0.15) is 44.5 Å². The zero-order valence-corrected chi connectivity index (χ0v) is 37.5. The highest BCUT2D eigenvalue weighted by Crippen LogP contribution is 2.65. The van der Waals surface area contributed by atoms with E-state index in [4.69, 9.17) is 4.42 Å². The van der Waals surface area contributed by atoms with Crippen molar-refractivity contribution in [3.05, 3.63) is 275 Å². The number of nitrogens with zero attached hydrogens (tertiary/aromatic N) is 2. The highest BCUT2D eigenvalue weighted by atomic mass is 32.1. The Balaban J connectivity index is 0.835. The van der Waals surface area contributed by atoms with Crippen molar-refractivity contribution in [1.82, 2.24) is 0 Å². The van der Waals surface area contributed by atoms with Gasteiger partial charge in [-0.05, 0) is 121 Å². The van der Waals surface area contributed by atoms with E-state index in [0.717, 1.165) is 33.3 Å². The molecule has 4 heteroatoms. The highest BCUT2D eigenvalue weighted by molar-refractivity contribution is 7.26. The summed E-state index contributed by atoms with van der Waals surface area (Å²) in [6, 6.07) is 85.8. The van der Waals surface area contributed by atoms with Gasteiger partial charge in [0.1, 0.15) is 5.58 Å². The van der Waals surface area contributed by atoms with Crippen LogP contribution in [0.15, 0.2) is 235 Å². The van der Waals surface area contributed by atoms with E-state index >= 15 is 0 Å². The molecule has 4 heterocycles. The molecule has 316 valence electrons. The van der Waals surface area contributed by atoms with Gasteiger partial charge in [0.05, 0.1) is 38.3 Å². The lowest BCUT2D eigenvalue weighted by molar-refractivity contribution is 0.673. The van der Waals surface area contributed by atoms with Crippen molar-refractivity contribution in [2.45, 2.75) is 10.8 Å². The Labute approximate surface area is 397 Å². The summed E-state index contributed by atoms with van der Waals surface area (Å²) in [7, 11) is 0. The fourth-order valence-electron chi connectivity index (χ4n) is 13.2. The number of anilines is 6. The fraction of sp³-hybridized carbons (Fsp3) is 0.0312. The van der Waals surface area contributed by atoms with Crippen LogP contribution in [0.2, 0.25) is 0 Å². The van der Waals surface area contributed by atoms with E-state index in [1.165, 1.54) is 98.9 Å². The van der Waals surface area contributed by atoms with Gasteiger partial charge in [-0.25, -0.2) is 0 Å². The Morgan fingerprint density at radius 3 is 1.07 bits per heavy atom. The number of benzene rings is 10. The molecule has 12 aromatic rings. The van der Waals surface area contributed by atoms with Crippen LogP contribution in [0.4, 0.5) is 34.1 Å². The smallest absolute Gasteiger partial charge is 0.154 e. The van der Waals surface area contributed by atoms with Gasteiger partial charge in [0.15, 0.2) is 5.58 Å². The van der Waals surface area contributed by atoms with Gasteiger partial charge >= 0.3 is 0 Å². The molecule has 0 amide bonds. The molecular formula is C64H38N2OS. The molecule has 10 aromatic carbocycles. The summed E-state index contributed by atoms with van der Waals surface area (Å²) in [6.45, 7) is 0. The topological polar surface area (TPSA) is 19.6 Å². The minimum absolute atomic E-state index is 0.436. The summed E-state index contributed by atoms with van der Waals surface area (Å²) in [5.41, 5.74) is 23.6. The van der Waals surface area contributed by atoms with Crippen LogP contribution in [0.3, 0.4) is 0 Å². The number of rotatable bonds is 2. The van der Waals surface area contributed by atoms with Gasteiger partial charge < -0.3 is 14.2 Å². The standard InChI is InChI=1S/C64H38N2OS/c1-5-21-47-41(17-1)42-18-2-6-22-48(42)63(47)51-25-9-13-29-55(51)65(56-30-14-10-26-52(56)63)39-33-35-45-59(37-39)67-61-46-36-34-40(38-60(46)68-62(45)61)66-57-31-15-11-27-53(57)64(54-28-12-16-32-58(54)66)49-23-7-3-19-43(49)44-20-4-8-24-50(44)64/h1-38H. The molecule has 0 bridgehead atoms. The largest absolute Gasteiger partial charge is 0.454 e. The third-order valence-electron chi connectivity index (χ3n) is 15.7. The van der Waals surface area contributed by atoms with E-state index in [1.807, 2.05) is 11.3 Å². The number of thiophene rings is 1.